The first-order chi connectivity index (χ1) is 7.79. The van der Waals surface area contributed by atoms with Crippen LogP contribution in [0.2, 0.25) is 0 Å². The van der Waals surface area contributed by atoms with E-state index in [0.717, 1.165) is 12.1 Å². The number of anilines is 1. The molecule has 0 unspecified atom stereocenters. The lowest BCUT2D eigenvalue weighted by molar-refractivity contribution is -0.167. The van der Waals surface area contributed by atoms with Crippen molar-refractivity contribution >= 4 is 18.9 Å². The predicted molar refractivity (Wildman–Crippen MR) is 51.9 cm³/mol. The SMILES string of the molecule is O=C(Nc1ccc(OB(O)O)cc1)C(F)(F)F. The van der Waals surface area contributed by atoms with Gasteiger partial charge in [-0.2, -0.15) is 13.2 Å². The molecule has 0 saturated heterocycles. The fraction of sp³-hybridized carbons (Fsp3) is 0.125. The van der Waals surface area contributed by atoms with Gasteiger partial charge < -0.3 is 20.0 Å². The van der Waals surface area contributed by atoms with Crippen LogP contribution < -0.4 is 9.97 Å². The van der Waals surface area contributed by atoms with E-state index in [9.17, 15) is 18.0 Å². The Hall–Kier alpha value is -1.74. The molecule has 0 bridgehead atoms. The molecular weight excluding hydrogens is 242 g/mol. The summed E-state index contributed by atoms with van der Waals surface area (Å²) in [5.41, 5.74) is -0.0906. The van der Waals surface area contributed by atoms with Crippen molar-refractivity contribution in [3.63, 3.8) is 0 Å². The molecule has 0 atom stereocenters. The molecule has 0 aliphatic heterocycles. The molecule has 0 radical (unpaired) electrons. The Labute approximate surface area is 94.0 Å². The van der Waals surface area contributed by atoms with Crippen LogP contribution in [0.25, 0.3) is 0 Å². The molecule has 0 saturated carbocycles. The first-order valence-corrected chi connectivity index (χ1v) is 4.30. The van der Waals surface area contributed by atoms with Gasteiger partial charge in [-0.05, 0) is 24.3 Å². The number of hydrogen-bond donors (Lipinski definition) is 3. The van der Waals surface area contributed by atoms with Crippen LogP contribution in [0.5, 0.6) is 5.75 Å². The smallest absolute Gasteiger partial charge is 0.512 e. The minimum atomic E-state index is -4.96. The second kappa shape index (κ2) is 5.06. The summed E-state index contributed by atoms with van der Waals surface area (Å²) in [6.07, 6.45) is -4.96. The van der Waals surface area contributed by atoms with Crippen molar-refractivity contribution in [2.24, 2.45) is 0 Å². The number of hydrogen-bond acceptors (Lipinski definition) is 4. The standard InChI is InChI=1S/C8H7BF3NO4/c10-8(11,12)7(14)13-5-1-3-6(4-2-5)17-9(15)16/h1-4,15-16H,(H,13,14). The van der Waals surface area contributed by atoms with Crippen molar-refractivity contribution in [1.82, 2.24) is 0 Å². The van der Waals surface area contributed by atoms with E-state index in [-0.39, 0.29) is 11.4 Å². The highest BCUT2D eigenvalue weighted by molar-refractivity contribution is 6.33. The van der Waals surface area contributed by atoms with E-state index in [0.29, 0.717) is 0 Å². The van der Waals surface area contributed by atoms with Gasteiger partial charge in [0.25, 0.3) is 0 Å². The summed E-state index contributed by atoms with van der Waals surface area (Å²) < 4.78 is 40.1. The lowest BCUT2D eigenvalue weighted by Crippen LogP contribution is -2.29. The number of alkyl halides is 3. The normalized spacial score (nSPS) is 10.9. The second-order valence-electron chi connectivity index (χ2n) is 2.92. The fourth-order valence-corrected chi connectivity index (χ4v) is 0.941. The van der Waals surface area contributed by atoms with Gasteiger partial charge >= 0.3 is 19.4 Å². The van der Waals surface area contributed by atoms with Crippen LogP contribution in [0.15, 0.2) is 24.3 Å². The number of nitrogens with one attached hydrogen (secondary N) is 1. The van der Waals surface area contributed by atoms with Crippen molar-refractivity contribution in [2.75, 3.05) is 5.32 Å². The van der Waals surface area contributed by atoms with Gasteiger partial charge in [-0.15, -0.1) is 0 Å². The molecule has 0 aliphatic rings. The van der Waals surface area contributed by atoms with E-state index in [1.807, 2.05) is 0 Å². The van der Waals surface area contributed by atoms with E-state index in [4.69, 9.17) is 10.0 Å². The zero-order valence-electron chi connectivity index (χ0n) is 8.23. The van der Waals surface area contributed by atoms with Crippen molar-refractivity contribution in [3.05, 3.63) is 24.3 Å². The molecule has 0 spiro atoms. The van der Waals surface area contributed by atoms with E-state index in [2.05, 4.69) is 4.65 Å². The molecule has 0 heterocycles. The Morgan fingerprint density at radius 1 is 1.24 bits per heavy atom. The van der Waals surface area contributed by atoms with Crippen LogP contribution in [-0.4, -0.2) is 29.5 Å². The number of rotatable bonds is 3. The van der Waals surface area contributed by atoms with Crippen LogP contribution in [0.1, 0.15) is 0 Å². The molecule has 1 aromatic rings. The minimum absolute atomic E-state index is 0.0324. The maximum absolute atomic E-state index is 11.9. The van der Waals surface area contributed by atoms with Crippen LogP contribution in [0, 0.1) is 0 Å². The van der Waals surface area contributed by atoms with Crippen molar-refractivity contribution in [1.29, 1.82) is 0 Å². The Balaban J connectivity index is 2.66. The summed E-state index contributed by atoms with van der Waals surface area (Å²) in [4.78, 5) is 10.5. The van der Waals surface area contributed by atoms with Crippen LogP contribution in [0.4, 0.5) is 18.9 Å². The molecule has 0 fully saturated rings. The highest BCUT2D eigenvalue weighted by Gasteiger charge is 2.38. The summed E-state index contributed by atoms with van der Waals surface area (Å²) >= 11 is 0. The highest BCUT2D eigenvalue weighted by Crippen LogP contribution is 2.20. The second-order valence-corrected chi connectivity index (χ2v) is 2.92. The van der Waals surface area contributed by atoms with Gasteiger partial charge in [-0.1, -0.05) is 0 Å². The summed E-state index contributed by atoms with van der Waals surface area (Å²) in [5.74, 6) is -2.06. The third kappa shape index (κ3) is 4.33. The van der Waals surface area contributed by atoms with Gasteiger partial charge in [-0.25, -0.2) is 0 Å². The molecular formula is C8H7BF3NO4. The summed E-state index contributed by atoms with van der Waals surface area (Å²) in [7, 11) is -2.02. The third-order valence-electron chi connectivity index (χ3n) is 1.61. The number of carbonyl (C=O) groups is 1. The first-order valence-electron chi connectivity index (χ1n) is 4.30. The van der Waals surface area contributed by atoms with Crippen LogP contribution in [-0.2, 0) is 4.79 Å². The van der Waals surface area contributed by atoms with Gasteiger partial charge in [-0.3, -0.25) is 4.79 Å². The molecule has 9 heteroatoms. The Bertz CT molecular complexity index is 393. The number of amides is 1. The highest BCUT2D eigenvalue weighted by atomic mass is 19.4. The molecule has 0 aromatic heterocycles. The monoisotopic (exact) mass is 249 g/mol. The largest absolute Gasteiger partial charge is 0.707 e. The van der Waals surface area contributed by atoms with Gasteiger partial charge in [0.05, 0.1) is 0 Å². The number of carbonyl (C=O) groups excluding carboxylic acids is 1. The molecule has 17 heavy (non-hydrogen) atoms. The molecule has 1 amide bonds. The Morgan fingerprint density at radius 3 is 2.18 bits per heavy atom. The van der Waals surface area contributed by atoms with Crippen molar-refractivity contribution < 1.29 is 32.7 Å². The molecule has 92 valence electrons. The van der Waals surface area contributed by atoms with E-state index < -0.39 is 19.4 Å². The lowest BCUT2D eigenvalue weighted by Gasteiger charge is -2.09. The zero-order chi connectivity index (χ0) is 13.1. The molecule has 5 nitrogen and oxygen atoms in total. The average Bonchev–Trinajstić information content (AvgIpc) is 2.18. The lowest BCUT2D eigenvalue weighted by atomic mass is 10.2. The maximum Gasteiger partial charge on any atom is 0.707 e. The molecule has 1 aromatic carbocycles. The first kappa shape index (κ1) is 13.3. The topological polar surface area (TPSA) is 78.8 Å². The fourth-order valence-electron chi connectivity index (χ4n) is 0.941. The zero-order valence-corrected chi connectivity index (χ0v) is 8.23. The van der Waals surface area contributed by atoms with Crippen LogP contribution in [0.3, 0.4) is 0 Å². The minimum Gasteiger partial charge on any atom is -0.512 e. The van der Waals surface area contributed by atoms with E-state index >= 15 is 0 Å². The molecule has 0 aliphatic carbocycles. The molecule has 3 N–H and O–H groups in total. The predicted octanol–water partition coefficient (Wildman–Crippen LogP) is 0.536. The summed E-state index contributed by atoms with van der Waals surface area (Å²) in [6.45, 7) is 0. The van der Waals surface area contributed by atoms with E-state index in [1.165, 1.54) is 12.1 Å². The third-order valence-corrected chi connectivity index (χ3v) is 1.61. The average molecular weight is 249 g/mol. The Morgan fingerprint density at radius 2 is 1.76 bits per heavy atom. The Kier molecular flexibility index (Phi) is 3.97. The van der Waals surface area contributed by atoms with Gasteiger partial charge in [0, 0.05) is 5.69 Å². The van der Waals surface area contributed by atoms with Gasteiger partial charge in [0.2, 0.25) is 0 Å². The quantitative estimate of drug-likeness (QED) is 0.683. The number of benzene rings is 1. The van der Waals surface area contributed by atoms with Gasteiger partial charge in [0.15, 0.2) is 0 Å². The van der Waals surface area contributed by atoms with E-state index in [1.54, 1.807) is 5.32 Å². The summed E-state index contributed by atoms with van der Waals surface area (Å²) in [6, 6.07) is 4.60. The van der Waals surface area contributed by atoms with Gasteiger partial charge in [0.1, 0.15) is 5.75 Å². The number of halogens is 3. The van der Waals surface area contributed by atoms with Crippen LogP contribution >= 0.6 is 0 Å². The molecule has 1 rings (SSSR count). The maximum atomic E-state index is 11.9. The summed E-state index contributed by atoms with van der Waals surface area (Å²) in [5, 5.41) is 18.5. The van der Waals surface area contributed by atoms with Crippen molar-refractivity contribution in [2.45, 2.75) is 6.18 Å². The van der Waals surface area contributed by atoms with Crippen molar-refractivity contribution in [3.8, 4) is 5.75 Å².